The smallest absolute Gasteiger partial charge is 0.0137 e. The molecule has 0 aliphatic rings. The zero-order chi connectivity index (χ0) is 7.28. The Bertz CT molecular complexity index is 53.3. The third kappa shape index (κ3) is 7.88. The van der Waals surface area contributed by atoms with E-state index < -0.39 is 0 Å². The van der Waals surface area contributed by atoms with Crippen molar-refractivity contribution in [1.82, 2.24) is 9.91 Å². The van der Waals surface area contributed by atoms with Gasteiger partial charge < -0.3 is 4.90 Å². The summed E-state index contributed by atoms with van der Waals surface area (Å²) < 4.78 is 0. The second-order valence-electron chi connectivity index (χ2n) is 2.64. The molecular formula is C6H17N3. The van der Waals surface area contributed by atoms with Gasteiger partial charge in [0.15, 0.2) is 0 Å². The predicted octanol–water partition coefficient (Wildman–Crippen LogP) is -0.256. The van der Waals surface area contributed by atoms with Crippen LogP contribution in [0.2, 0.25) is 0 Å². The molecule has 0 rings (SSSR count). The van der Waals surface area contributed by atoms with E-state index in [2.05, 4.69) is 19.0 Å². The van der Waals surface area contributed by atoms with Gasteiger partial charge in [-0.05, 0) is 27.1 Å². The Labute approximate surface area is 57.4 Å². The number of rotatable bonds is 4. The lowest BCUT2D eigenvalue weighted by atomic mass is 10.4. The van der Waals surface area contributed by atoms with Gasteiger partial charge in [0.05, 0.1) is 0 Å². The highest BCUT2D eigenvalue weighted by atomic mass is 15.4. The highest BCUT2D eigenvalue weighted by Gasteiger charge is 1.91. The molecule has 0 spiro atoms. The summed E-state index contributed by atoms with van der Waals surface area (Å²) in [6, 6.07) is 0. The average molecular weight is 131 g/mol. The molecule has 2 N–H and O–H groups in total. The van der Waals surface area contributed by atoms with Crippen molar-refractivity contribution in [3.05, 3.63) is 0 Å². The Hall–Kier alpha value is -0.120. The fraction of sp³-hybridized carbons (Fsp3) is 1.00. The molecule has 0 bridgehead atoms. The average Bonchev–Trinajstić information content (AvgIpc) is 1.63. The van der Waals surface area contributed by atoms with Crippen molar-refractivity contribution < 1.29 is 0 Å². The van der Waals surface area contributed by atoms with E-state index in [1.165, 1.54) is 0 Å². The number of hydrogen-bond donors (Lipinski definition) is 1. The van der Waals surface area contributed by atoms with Crippen molar-refractivity contribution in [2.24, 2.45) is 5.84 Å². The lowest BCUT2D eigenvalue weighted by Crippen LogP contribution is -2.29. The third-order valence-electron chi connectivity index (χ3n) is 1.12. The van der Waals surface area contributed by atoms with Crippen molar-refractivity contribution in [2.45, 2.75) is 6.42 Å². The molecule has 0 unspecified atom stereocenters. The number of nitrogens with zero attached hydrogens (tertiary/aromatic N) is 2. The maximum atomic E-state index is 5.39. The first-order valence-electron chi connectivity index (χ1n) is 3.23. The van der Waals surface area contributed by atoms with Crippen LogP contribution in [0.5, 0.6) is 0 Å². The van der Waals surface area contributed by atoms with E-state index in [4.69, 9.17) is 5.84 Å². The van der Waals surface area contributed by atoms with Crippen LogP contribution in [0.1, 0.15) is 6.42 Å². The van der Waals surface area contributed by atoms with Crippen molar-refractivity contribution in [1.29, 1.82) is 0 Å². The zero-order valence-electron chi connectivity index (χ0n) is 6.59. The predicted molar refractivity (Wildman–Crippen MR) is 40.0 cm³/mol. The first-order valence-corrected chi connectivity index (χ1v) is 3.23. The van der Waals surface area contributed by atoms with Gasteiger partial charge in [-0.2, -0.15) is 0 Å². The largest absolute Gasteiger partial charge is 0.309 e. The molecule has 0 aromatic heterocycles. The van der Waals surface area contributed by atoms with Crippen molar-refractivity contribution in [3.8, 4) is 0 Å². The molecule has 0 fully saturated rings. The highest BCUT2D eigenvalue weighted by molar-refractivity contribution is 4.45. The quantitative estimate of drug-likeness (QED) is 0.421. The minimum absolute atomic E-state index is 0.970. The summed E-state index contributed by atoms with van der Waals surface area (Å²) in [5.41, 5.74) is 0. The van der Waals surface area contributed by atoms with E-state index in [0.29, 0.717) is 0 Å². The molecule has 0 saturated heterocycles. The molecule has 0 aliphatic carbocycles. The van der Waals surface area contributed by atoms with Crippen LogP contribution >= 0.6 is 0 Å². The molecular weight excluding hydrogens is 114 g/mol. The lowest BCUT2D eigenvalue weighted by Gasteiger charge is -2.12. The summed E-state index contributed by atoms with van der Waals surface area (Å²) in [6.07, 6.45) is 1.14. The van der Waals surface area contributed by atoms with Gasteiger partial charge in [-0.3, -0.25) is 10.9 Å². The fourth-order valence-corrected chi connectivity index (χ4v) is 0.636. The van der Waals surface area contributed by atoms with E-state index in [9.17, 15) is 0 Å². The van der Waals surface area contributed by atoms with Crippen LogP contribution in [-0.2, 0) is 0 Å². The SMILES string of the molecule is CN(C)CCCN(C)N. The fourth-order valence-electron chi connectivity index (χ4n) is 0.636. The van der Waals surface area contributed by atoms with Crippen molar-refractivity contribution >= 4 is 0 Å². The van der Waals surface area contributed by atoms with E-state index in [1.54, 1.807) is 5.01 Å². The van der Waals surface area contributed by atoms with Crippen LogP contribution in [0.25, 0.3) is 0 Å². The molecule has 0 aliphatic heterocycles. The summed E-state index contributed by atoms with van der Waals surface area (Å²) >= 11 is 0. The van der Waals surface area contributed by atoms with Gasteiger partial charge in [-0.25, -0.2) is 0 Å². The molecule has 0 amide bonds. The Balaban J connectivity index is 2.91. The molecule has 3 nitrogen and oxygen atoms in total. The molecule has 0 aromatic carbocycles. The standard InChI is InChI=1S/C6H17N3/c1-8(2)5-4-6-9(3)7/h4-7H2,1-3H3. The van der Waals surface area contributed by atoms with Crippen LogP contribution < -0.4 is 5.84 Å². The van der Waals surface area contributed by atoms with Crippen molar-refractivity contribution in [3.63, 3.8) is 0 Å². The summed E-state index contributed by atoms with van der Waals surface area (Å²) in [6.45, 7) is 2.08. The van der Waals surface area contributed by atoms with E-state index in [1.807, 2.05) is 7.05 Å². The summed E-state index contributed by atoms with van der Waals surface area (Å²) in [7, 11) is 6.02. The van der Waals surface area contributed by atoms with Crippen LogP contribution in [0.3, 0.4) is 0 Å². The van der Waals surface area contributed by atoms with Crippen LogP contribution in [0.15, 0.2) is 0 Å². The monoisotopic (exact) mass is 131 g/mol. The Morgan fingerprint density at radius 3 is 2.00 bits per heavy atom. The van der Waals surface area contributed by atoms with Gasteiger partial charge in [-0.15, -0.1) is 0 Å². The van der Waals surface area contributed by atoms with Crippen LogP contribution in [0.4, 0.5) is 0 Å². The molecule has 0 aromatic rings. The second-order valence-corrected chi connectivity index (χ2v) is 2.64. The minimum atomic E-state index is 0.970. The third-order valence-corrected chi connectivity index (χ3v) is 1.12. The summed E-state index contributed by atoms with van der Waals surface area (Å²) in [4.78, 5) is 2.16. The molecule has 0 heterocycles. The number of nitrogens with two attached hydrogens (primary N) is 1. The Morgan fingerprint density at radius 2 is 1.67 bits per heavy atom. The van der Waals surface area contributed by atoms with E-state index >= 15 is 0 Å². The minimum Gasteiger partial charge on any atom is -0.309 e. The first kappa shape index (κ1) is 8.88. The molecule has 0 saturated carbocycles. The second kappa shape index (κ2) is 4.73. The maximum Gasteiger partial charge on any atom is 0.0137 e. The first-order chi connectivity index (χ1) is 4.13. The van der Waals surface area contributed by atoms with Crippen LogP contribution in [-0.4, -0.2) is 44.1 Å². The van der Waals surface area contributed by atoms with E-state index in [-0.39, 0.29) is 0 Å². The summed E-state index contributed by atoms with van der Waals surface area (Å²) in [5.74, 6) is 5.39. The highest BCUT2D eigenvalue weighted by Crippen LogP contribution is 1.82. The molecule has 3 heteroatoms. The van der Waals surface area contributed by atoms with Gasteiger partial charge in [0, 0.05) is 13.6 Å². The molecule has 0 radical (unpaired) electrons. The number of hydrogen-bond acceptors (Lipinski definition) is 3. The van der Waals surface area contributed by atoms with Gasteiger partial charge in [0.2, 0.25) is 0 Å². The lowest BCUT2D eigenvalue weighted by molar-refractivity contribution is 0.309. The molecule has 56 valence electrons. The molecule has 9 heavy (non-hydrogen) atoms. The summed E-state index contributed by atoms with van der Waals surface area (Å²) in [5, 5.41) is 1.71. The Kier molecular flexibility index (Phi) is 4.67. The zero-order valence-corrected chi connectivity index (χ0v) is 6.59. The Morgan fingerprint density at radius 1 is 1.11 bits per heavy atom. The van der Waals surface area contributed by atoms with Gasteiger partial charge in [0.1, 0.15) is 0 Å². The van der Waals surface area contributed by atoms with Crippen LogP contribution in [0, 0.1) is 0 Å². The van der Waals surface area contributed by atoms with Gasteiger partial charge in [-0.1, -0.05) is 0 Å². The van der Waals surface area contributed by atoms with E-state index in [0.717, 1.165) is 19.5 Å². The topological polar surface area (TPSA) is 32.5 Å². The maximum absolute atomic E-state index is 5.39. The van der Waals surface area contributed by atoms with Gasteiger partial charge >= 0.3 is 0 Å². The molecule has 0 atom stereocenters. The number of hydrazine groups is 1. The normalized spacial score (nSPS) is 11.3. The van der Waals surface area contributed by atoms with Gasteiger partial charge in [0.25, 0.3) is 0 Å². The van der Waals surface area contributed by atoms with Crippen molar-refractivity contribution in [2.75, 3.05) is 34.2 Å².